The summed E-state index contributed by atoms with van der Waals surface area (Å²) in [6, 6.07) is 0.410. The Kier molecular flexibility index (Phi) is 3.13. The Labute approximate surface area is 78.2 Å². The van der Waals surface area contributed by atoms with Gasteiger partial charge in [0.25, 0.3) is 0 Å². The monoisotopic (exact) mass is 187 g/mol. The molecule has 0 aromatic heterocycles. The molecule has 3 atom stereocenters. The van der Waals surface area contributed by atoms with Crippen LogP contribution < -0.4 is 16.0 Å². The van der Waals surface area contributed by atoms with Crippen molar-refractivity contribution in [3.8, 4) is 0 Å². The Bertz CT molecular complexity index is 161. The lowest BCUT2D eigenvalue weighted by molar-refractivity contribution is -0.000842. The second-order valence-electron chi connectivity index (χ2n) is 3.53. The van der Waals surface area contributed by atoms with Crippen LogP contribution in [-0.4, -0.2) is 44.9 Å². The topological polar surface area (TPSA) is 54.5 Å². The largest absolute Gasteiger partial charge is 0.377 e. The molecule has 5 heteroatoms. The Morgan fingerprint density at radius 1 is 1.38 bits per heavy atom. The average Bonchev–Trinajstić information content (AvgIpc) is 2.57. The highest BCUT2D eigenvalue weighted by molar-refractivity contribution is 4.75. The third kappa shape index (κ3) is 2.62. The molecule has 3 unspecified atom stereocenters. The summed E-state index contributed by atoms with van der Waals surface area (Å²) in [5.74, 6) is 0. The molecular weight excluding hydrogens is 170 g/mol. The van der Waals surface area contributed by atoms with Gasteiger partial charge in [-0.25, -0.2) is 0 Å². The number of ether oxygens (including phenoxy) is 2. The SMILES string of the molecule is CC1COCC(NC2NCCO2)N1. The molecular formula is C8H17N3O2. The highest BCUT2D eigenvalue weighted by atomic mass is 16.5. The summed E-state index contributed by atoms with van der Waals surface area (Å²) >= 11 is 0. The van der Waals surface area contributed by atoms with Crippen molar-refractivity contribution in [1.82, 2.24) is 16.0 Å². The molecule has 2 fully saturated rings. The minimum absolute atomic E-state index is 0.0219. The minimum Gasteiger partial charge on any atom is -0.377 e. The van der Waals surface area contributed by atoms with Crippen LogP contribution in [0.15, 0.2) is 0 Å². The standard InChI is InChI=1S/C8H17N3O2/c1-6-4-12-5-7(10-6)11-8-9-2-3-13-8/h6-11H,2-5H2,1H3. The van der Waals surface area contributed by atoms with E-state index in [1.54, 1.807) is 0 Å². The summed E-state index contributed by atoms with van der Waals surface area (Å²) in [5.41, 5.74) is 0. The molecule has 2 aliphatic heterocycles. The van der Waals surface area contributed by atoms with Gasteiger partial charge in [0, 0.05) is 12.6 Å². The lowest BCUT2D eigenvalue weighted by Gasteiger charge is -2.31. The first-order valence-electron chi connectivity index (χ1n) is 4.79. The van der Waals surface area contributed by atoms with Crippen LogP contribution in [0.4, 0.5) is 0 Å². The number of nitrogens with one attached hydrogen (secondary N) is 3. The second kappa shape index (κ2) is 4.34. The van der Waals surface area contributed by atoms with Gasteiger partial charge in [-0.2, -0.15) is 0 Å². The second-order valence-corrected chi connectivity index (χ2v) is 3.53. The Balaban J connectivity index is 1.73. The van der Waals surface area contributed by atoms with Gasteiger partial charge in [0.1, 0.15) is 0 Å². The molecule has 0 aromatic rings. The van der Waals surface area contributed by atoms with Crippen LogP contribution in [0.5, 0.6) is 0 Å². The zero-order chi connectivity index (χ0) is 9.10. The first-order valence-corrected chi connectivity index (χ1v) is 4.79. The molecule has 3 N–H and O–H groups in total. The lowest BCUT2D eigenvalue weighted by Crippen LogP contribution is -2.59. The third-order valence-electron chi connectivity index (χ3n) is 2.21. The van der Waals surface area contributed by atoms with E-state index in [0.717, 1.165) is 19.8 Å². The third-order valence-corrected chi connectivity index (χ3v) is 2.21. The molecule has 0 aliphatic carbocycles. The number of hydrogen-bond acceptors (Lipinski definition) is 5. The molecule has 76 valence electrons. The molecule has 5 nitrogen and oxygen atoms in total. The van der Waals surface area contributed by atoms with Gasteiger partial charge in [-0.1, -0.05) is 0 Å². The predicted molar refractivity (Wildman–Crippen MR) is 48.1 cm³/mol. The van der Waals surface area contributed by atoms with Crippen LogP contribution in [0.2, 0.25) is 0 Å². The van der Waals surface area contributed by atoms with Crippen molar-refractivity contribution >= 4 is 0 Å². The molecule has 13 heavy (non-hydrogen) atoms. The highest BCUT2D eigenvalue weighted by Crippen LogP contribution is 1.99. The maximum absolute atomic E-state index is 5.40. The fraction of sp³-hybridized carbons (Fsp3) is 1.00. The number of morpholine rings is 1. The van der Waals surface area contributed by atoms with Crippen molar-refractivity contribution in [3.05, 3.63) is 0 Å². The quantitative estimate of drug-likeness (QED) is 0.508. The van der Waals surface area contributed by atoms with E-state index in [1.807, 2.05) is 0 Å². The molecule has 0 bridgehead atoms. The molecule has 0 aromatic carbocycles. The van der Waals surface area contributed by atoms with Crippen molar-refractivity contribution < 1.29 is 9.47 Å². The van der Waals surface area contributed by atoms with E-state index >= 15 is 0 Å². The molecule has 2 saturated heterocycles. The first-order chi connectivity index (χ1) is 6.34. The molecule has 0 amide bonds. The zero-order valence-corrected chi connectivity index (χ0v) is 7.88. The van der Waals surface area contributed by atoms with E-state index in [9.17, 15) is 0 Å². The summed E-state index contributed by atoms with van der Waals surface area (Å²) < 4.78 is 10.8. The van der Waals surface area contributed by atoms with Gasteiger partial charge in [0.15, 0.2) is 6.35 Å². The fourth-order valence-corrected chi connectivity index (χ4v) is 1.61. The van der Waals surface area contributed by atoms with Crippen molar-refractivity contribution in [2.24, 2.45) is 0 Å². The van der Waals surface area contributed by atoms with Gasteiger partial charge in [0.2, 0.25) is 0 Å². The Morgan fingerprint density at radius 3 is 3.00 bits per heavy atom. The summed E-state index contributed by atoms with van der Waals surface area (Å²) in [4.78, 5) is 0. The molecule has 0 spiro atoms. The highest BCUT2D eigenvalue weighted by Gasteiger charge is 2.22. The van der Waals surface area contributed by atoms with Crippen molar-refractivity contribution in [3.63, 3.8) is 0 Å². The van der Waals surface area contributed by atoms with Gasteiger partial charge in [0.05, 0.1) is 26.0 Å². The van der Waals surface area contributed by atoms with E-state index in [0.29, 0.717) is 12.6 Å². The zero-order valence-electron chi connectivity index (χ0n) is 7.88. The van der Waals surface area contributed by atoms with Gasteiger partial charge >= 0.3 is 0 Å². The predicted octanol–water partition coefficient (Wildman–Crippen LogP) is -1.19. The maximum Gasteiger partial charge on any atom is 0.164 e. The van der Waals surface area contributed by atoms with Gasteiger partial charge in [-0.05, 0) is 6.92 Å². The smallest absolute Gasteiger partial charge is 0.164 e. The minimum atomic E-state index is -0.0219. The maximum atomic E-state index is 5.40. The van der Waals surface area contributed by atoms with Gasteiger partial charge in [-0.3, -0.25) is 16.0 Å². The van der Waals surface area contributed by atoms with Crippen LogP contribution in [0.3, 0.4) is 0 Å². The summed E-state index contributed by atoms with van der Waals surface area (Å²) in [6.07, 6.45) is 0.172. The Hall–Kier alpha value is -0.200. The molecule has 2 heterocycles. The van der Waals surface area contributed by atoms with Crippen molar-refractivity contribution in [2.45, 2.75) is 25.5 Å². The van der Waals surface area contributed by atoms with E-state index in [2.05, 4.69) is 22.9 Å². The van der Waals surface area contributed by atoms with Crippen molar-refractivity contribution in [2.75, 3.05) is 26.4 Å². The van der Waals surface area contributed by atoms with Crippen LogP contribution in [0, 0.1) is 0 Å². The lowest BCUT2D eigenvalue weighted by atomic mass is 10.3. The van der Waals surface area contributed by atoms with Gasteiger partial charge < -0.3 is 9.47 Å². The summed E-state index contributed by atoms with van der Waals surface area (Å²) in [7, 11) is 0. The van der Waals surface area contributed by atoms with E-state index in [1.165, 1.54) is 0 Å². The first kappa shape index (κ1) is 9.36. The van der Waals surface area contributed by atoms with Crippen LogP contribution in [0.25, 0.3) is 0 Å². The normalized spacial score (nSPS) is 40.8. The average molecular weight is 187 g/mol. The van der Waals surface area contributed by atoms with E-state index in [-0.39, 0.29) is 12.5 Å². The molecule has 2 aliphatic rings. The van der Waals surface area contributed by atoms with Crippen molar-refractivity contribution in [1.29, 1.82) is 0 Å². The fourth-order valence-electron chi connectivity index (χ4n) is 1.61. The van der Waals surface area contributed by atoms with Crippen LogP contribution in [-0.2, 0) is 9.47 Å². The van der Waals surface area contributed by atoms with Gasteiger partial charge in [-0.15, -0.1) is 0 Å². The molecule has 0 radical (unpaired) electrons. The number of rotatable bonds is 2. The molecule has 0 saturated carbocycles. The van der Waals surface area contributed by atoms with E-state index in [4.69, 9.17) is 9.47 Å². The Morgan fingerprint density at radius 2 is 2.31 bits per heavy atom. The van der Waals surface area contributed by atoms with Crippen LogP contribution in [0.1, 0.15) is 6.92 Å². The molecule has 2 rings (SSSR count). The van der Waals surface area contributed by atoms with E-state index < -0.39 is 0 Å². The van der Waals surface area contributed by atoms with Crippen LogP contribution >= 0.6 is 0 Å². The summed E-state index contributed by atoms with van der Waals surface area (Å²) in [5, 5.41) is 9.86. The summed E-state index contributed by atoms with van der Waals surface area (Å²) in [6.45, 7) is 5.29. The number of hydrogen-bond donors (Lipinski definition) is 3.